The third-order valence-electron chi connectivity index (χ3n) is 4.42. The summed E-state index contributed by atoms with van der Waals surface area (Å²) in [6.45, 7) is 6.42. The highest BCUT2D eigenvalue weighted by Crippen LogP contribution is 2.32. The van der Waals surface area contributed by atoms with Gasteiger partial charge in [0.25, 0.3) is 5.69 Å². The molecule has 1 fully saturated rings. The lowest BCUT2D eigenvalue weighted by atomic mass is 10.2. The summed E-state index contributed by atoms with van der Waals surface area (Å²) in [7, 11) is 0. The molecule has 1 atom stereocenters. The Morgan fingerprint density at radius 3 is 2.75 bits per heavy atom. The molecular formula is C22H22N4O5S. The van der Waals surface area contributed by atoms with Gasteiger partial charge in [-0.05, 0) is 37.3 Å². The maximum atomic E-state index is 12.9. The van der Waals surface area contributed by atoms with Crippen molar-refractivity contribution in [2.24, 2.45) is 4.99 Å². The third-order valence-corrected chi connectivity index (χ3v) is 5.59. The summed E-state index contributed by atoms with van der Waals surface area (Å²) in [5.74, 6) is 0.0660. The fraction of sp³-hybridized carbons (Fsp3) is 0.227. The number of aliphatic imine (C=N–C) groups is 1. The van der Waals surface area contributed by atoms with Crippen molar-refractivity contribution in [3.8, 4) is 5.75 Å². The molecular weight excluding hydrogens is 432 g/mol. The summed E-state index contributed by atoms with van der Waals surface area (Å²) in [4.78, 5) is 41.7. The zero-order valence-corrected chi connectivity index (χ0v) is 18.2. The van der Waals surface area contributed by atoms with Crippen molar-refractivity contribution in [3.63, 3.8) is 0 Å². The molecule has 9 nitrogen and oxygen atoms in total. The zero-order chi connectivity index (χ0) is 23.1. The molecule has 10 heteroatoms. The minimum atomic E-state index is -0.657. The monoisotopic (exact) mass is 454 g/mol. The molecule has 166 valence electrons. The fourth-order valence-electron chi connectivity index (χ4n) is 2.99. The van der Waals surface area contributed by atoms with Crippen molar-refractivity contribution >= 4 is 45.8 Å². The van der Waals surface area contributed by atoms with Crippen LogP contribution in [0.1, 0.15) is 13.3 Å². The summed E-state index contributed by atoms with van der Waals surface area (Å²) >= 11 is 1.20. The fourth-order valence-corrected chi connectivity index (χ4v) is 4.16. The van der Waals surface area contributed by atoms with Gasteiger partial charge in [-0.2, -0.15) is 0 Å². The molecule has 1 aliphatic rings. The number of amidine groups is 1. The number of ether oxygens (including phenoxy) is 1. The molecule has 0 aromatic heterocycles. The van der Waals surface area contributed by atoms with Crippen molar-refractivity contribution in [1.29, 1.82) is 0 Å². The number of anilines is 1. The predicted molar refractivity (Wildman–Crippen MR) is 124 cm³/mol. The molecule has 0 bridgehead atoms. The van der Waals surface area contributed by atoms with Crippen molar-refractivity contribution in [2.75, 3.05) is 18.5 Å². The van der Waals surface area contributed by atoms with Crippen LogP contribution in [0.4, 0.5) is 17.1 Å². The van der Waals surface area contributed by atoms with Gasteiger partial charge >= 0.3 is 0 Å². The topological polar surface area (TPSA) is 114 Å². The van der Waals surface area contributed by atoms with E-state index in [1.165, 1.54) is 34.9 Å². The van der Waals surface area contributed by atoms with Crippen LogP contribution in [0.25, 0.3) is 0 Å². The first-order valence-electron chi connectivity index (χ1n) is 9.86. The van der Waals surface area contributed by atoms with Gasteiger partial charge in [-0.15, -0.1) is 6.58 Å². The number of non-ortho nitro benzene ring substituents is 1. The largest absolute Gasteiger partial charge is 0.494 e. The van der Waals surface area contributed by atoms with E-state index in [9.17, 15) is 19.7 Å². The van der Waals surface area contributed by atoms with E-state index in [1.54, 1.807) is 36.4 Å². The average molecular weight is 455 g/mol. The Morgan fingerprint density at radius 1 is 1.34 bits per heavy atom. The number of benzene rings is 2. The van der Waals surface area contributed by atoms with E-state index in [-0.39, 0.29) is 24.6 Å². The van der Waals surface area contributed by atoms with Crippen LogP contribution in [-0.4, -0.2) is 45.2 Å². The van der Waals surface area contributed by atoms with Gasteiger partial charge in [0, 0.05) is 30.8 Å². The summed E-state index contributed by atoms with van der Waals surface area (Å²) in [5, 5.41) is 13.3. The minimum absolute atomic E-state index is 0.0951. The first kappa shape index (κ1) is 23.0. The molecule has 0 spiro atoms. The number of nitro groups is 1. The standard InChI is InChI=1S/C22H22N4O5S/c1-3-12-25-21(28)19(14-20(27)23-16-6-5-7-17(13-16)26(29)30)32-22(25)24-15-8-10-18(11-9-15)31-4-2/h3,5-11,13,19H,1,4,12,14H2,2H3,(H,23,27). The van der Waals surface area contributed by atoms with Crippen molar-refractivity contribution < 1.29 is 19.2 Å². The molecule has 3 rings (SSSR count). The summed E-state index contributed by atoms with van der Waals surface area (Å²) < 4.78 is 5.42. The van der Waals surface area contributed by atoms with Crippen LogP contribution in [0.5, 0.6) is 5.75 Å². The number of nitrogens with one attached hydrogen (secondary N) is 1. The molecule has 2 aromatic rings. The van der Waals surface area contributed by atoms with Gasteiger partial charge in [0.15, 0.2) is 5.17 Å². The number of carbonyl (C=O) groups excluding carboxylic acids is 2. The highest BCUT2D eigenvalue weighted by molar-refractivity contribution is 8.15. The normalized spacial score (nSPS) is 16.8. The molecule has 0 saturated carbocycles. The van der Waals surface area contributed by atoms with Gasteiger partial charge in [-0.3, -0.25) is 24.6 Å². The SMILES string of the molecule is C=CCN1C(=O)C(CC(=O)Nc2cccc([N+](=O)[O-])c2)SC1=Nc1ccc(OCC)cc1. The second-order valence-electron chi connectivity index (χ2n) is 6.73. The van der Waals surface area contributed by atoms with E-state index < -0.39 is 16.1 Å². The van der Waals surface area contributed by atoms with E-state index in [1.807, 2.05) is 6.92 Å². The lowest BCUT2D eigenvalue weighted by molar-refractivity contribution is -0.384. The number of carbonyl (C=O) groups is 2. The van der Waals surface area contributed by atoms with Crippen LogP contribution in [0.3, 0.4) is 0 Å². The smallest absolute Gasteiger partial charge is 0.271 e. The van der Waals surface area contributed by atoms with Gasteiger partial charge in [-0.25, -0.2) is 4.99 Å². The number of rotatable bonds is 9. The van der Waals surface area contributed by atoms with Crippen molar-refractivity contribution in [1.82, 2.24) is 4.90 Å². The number of hydrogen-bond donors (Lipinski definition) is 1. The average Bonchev–Trinajstić information content (AvgIpc) is 3.04. The molecule has 1 unspecified atom stereocenters. The van der Waals surface area contributed by atoms with Gasteiger partial charge in [0.2, 0.25) is 11.8 Å². The Bertz CT molecular complexity index is 1050. The molecule has 1 aliphatic heterocycles. The molecule has 32 heavy (non-hydrogen) atoms. The van der Waals surface area contributed by atoms with Crippen LogP contribution in [0.2, 0.25) is 0 Å². The van der Waals surface area contributed by atoms with E-state index in [4.69, 9.17) is 4.74 Å². The lowest BCUT2D eigenvalue weighted by Gasteiger charge is -2.14. The Morgan fingerprint density at radius 2 is 2.09 bits per heavy atom. The molecule has 0 aliphatic carbocycles. The second kappa shape index (κ2) is 10.6. The minimum Gasteiger partial charge on any atom is -0.494 e. The van der Waals surface area contributed by atoms with Crippen LogP contribution < -0.4 is 10.1 Å². The molecule has 2 aromatic carbocycles. The molecule has 0 radical (unpaired) electrons. The van der Waals surface area contributed by atoms with Gasteiger partial charge in [0.1, 0.15) is 11.0 Å². The Kier molecular flexibility index (Phi) is 7.61. The number of amides is 2. The Balaban J connectivity index is 1.71. The van der Waals surface area contributed by atoms with Crippen LogP contribution in [0, 0.1) is 10.1 Å². The Hall–Kier alpha value is -3.66. The summed E-state index contributed by atoms with van der Waals surface area (Å²) in [5.41, 5.74) is 0.821. The summed E-state index contributed by atoms with van der Waals surface area (Å²) in [6.07, 6.45) is 1.50. The molecule has 1 heterocycles. The predicted octanol–water partition coefficient (Wildman–Crippen LogP) is 4.14. The quantitative estimate of drug-likeness (QED) is 0.346. The maximum absolute atomic E-state index is 12.9. The van der Waals surface area contributed by atoms with E-state index in [2.05, 4.69) is 16.9 Å². The Labute approximate surface area is 189 Å². The van der Waals surface area contributed by atoms with E-state index in [0.29, 0.717) is 23.1 Å². The van der Waals surface area contributed by atoms with E-state index >= 15 is 0 Å². The first-order valence-corrected chi connectivity index (χ1v) is 10.7. The number of nitrogens with zero attached hydrogens (tertiary/aromatic N) is 3. The summed E-state index contributed by atoms with van der Waals surface area (Å²) in [6, 6.07) is 12.8. The lowest BCUT2D eigenvalue weighted by Crippen LogP contribution is -2.33. The van der Waals surface area contributed by atoms with Crippen LogP contribution in [-0.2, 0) is 9.59 Å². The molecule has 1 saturated heterocycles. The van der Waals surface area contributed by atoms with Crippen LogP contribution in [0.15, 0.2) is 66.2 Å². The van der Waals surface area contributed by atoms with Crippen LogP contribution >= 0.6 is 11.8 Å². The number of hydrogen-bond acceptors (Lipinski definition) is 7. The number of thioether (sulfide) groups is 1. The highest BCUT2D eigenvalue weighted by Gasteiger charge is 2.38. The van der Waals surface area contributed by atoms with Crippen molar-refractivity contribution in [3.05, 3.63) is 71.3 Å². The maximum Gasteiger partial charge on any atom is 0.271 e. The van der Waals surface area contributed by atoms with Gasteiger partial charge < -0.3 is 10.1 Å². The molecule has 2 amide bonds. The highest BCUT2D eigenvalue weighted by atomic mass is 32.2. The number of nitro benzene ring substituents is 1. The zero-order valence-electron chi connectivity index (χ0n) is 17.4. The second-order valence-corrected chi connectivity index (χ2v) is 7.89. The molecule has 1 N–H and O–H groups in total. The third kappa shape index (κ3) is 5.73. The van der Waals surface area contributed by atoms with Gasteiger partial charge in [-0.1, -0.05) is 23.9 Å². The first-order chi connectivity index (χ1) is 15.4. The van der Waals surface area contributed by atoms with E-state index in [0.717, 1.165) is 5.75 Å². The van der Waals surface area contributed by atoms with Crippen molar-refractivity contribution in [2.45, 2.75) is 18.6 Å². The van der Waals surface area contributed by atoms with Gasteiger partial charge in [0.05, 0.1) is 17.2 Å².